The summed E-state index contributed by atoms with van der Waals surface area (Å²) in [4.78, 5) is 11.5. The van der Waals surface area contributed by atoms with Crippen molar-refractivity contribution in [3.63, 3.8) is 0 Å². The first-order valence-electron chi connectivity index (χ1n) is 4.67. The average Bonchev–Trinajstić information content (AvgIpc) is 2.25. The molecule has 0 saturated carbocycles. The summed E-state index contributed by atoms with van der Waals surface area (Å²) in [5.41, 5.74) is -0.929. The smallest absolute Gasteiger partial charge is 0.465 e. The van der Waals surface area contributed by atoms with Crippen molar-refractivity contribution in [2.75, 3.05) is 12.8 Å². The topological polar surface area (TPSA) is 95.7 Å². The number of rotatable bonds is 3. The number of benzene rings is 1. The van der Waals surface area contributed by atoms with Gasteiger partial charge in [-0.15, -0.1) is 0 Å². The Labute approximate surface area is 119 Å². The Morgan fingerprint density at radius 2 is 1.90 bits per heavy atom. The Balaban J connectivity index is 3.42. The van der Waals surface area contributed by atoms with Gasteiger partial charge in [0.15, 0.2) is 5.75 Å². The van der Waals surface area contributed by atoms with Crippen LogP contribution in [0.4, 0.5) is 18.9 Å². The minimum absolute atomic E-state index is 0.0725. The molecule has 20 heavy (non-hydrogen) atoms. The molecule has 0 fully saturated rings. The van der Waals surface area contributed by atoms with E-state index in [2.05, 4.69) is 24.8 Å². The predicted octanol–water partition coefficient (Wildman–Crippen LogP) is 2.05. The van der Waals surface area contributed by atoms with E-state index in [1.165, 1.54) is 6.07 Å². The van der Waals surface area contributed by atoms with Crippen LogP contribution in [0.3, 0.4) is 0 Å². The molecule has 0 unspecified atom stereocenters. The number of nitrogen functional groups attached to an aromatic ring is 1. The van der Waals surface area contributed by atoms with Gasteiger partial charge >= 0.3 is 21.6 Å². The number of carbonyl (C=O) groups excluding carboxylic acids is 1. The lowest BCUT2D eigenvalue weighted by molar-refractivity contribution is -0.0500. The fourth-order valence-corrected chi connectivity index (χ4v) is 2.22. The largest absolute Gasteiger partial charge is 0.534 e. The zero-order valence-electron chi connectivity index (χ0n) is 9.69. The zero-order valence-corrected chi connectivity index (χ0v) is 12.1. The second-order valence-corrected chi connectivity index (χ2v) is 5.74. The van der Waals surface area contributed by atoms with E-state index in [1.807, 2.05) is 0 Å². The molecule has 0 radical (unpaired) electrons. The van der Waals surface area contributed by atoms with Crippen molar-refractivity contribution < 1.29 is 35.3 Å². The number of nitrogens with two attached hydrogens (primary N) is 1. The molecule has 2 N–H and O–H groups in total. The zero-order chi connectivity index (χ0) is 15.7. The first-order valence-corrected chi connectivity index (χ1v) is 6.88. The second-order valence-electron chi connectivity index (χ2n) is 3.35. The lowest BCUT2D eigenvalue weighted by Gasteiger charge is -2.13. The summed E-state index contributed by atoms with van der Waals surface area (Å²) in [5.74, 6) is -1.98. The van der Waals surface area contributed by atoms with Crippen molar-refractivity contribution in [1.29, 1.82) is 0 Å². The molecule has 1 aromatic carbocycles. The highest BCUT2D eigenvalue weighted by Gasteiger charge is 2.49. The van der Waals surface area contributed by atoms with E-state index in [9.17, 15) is 26.4 Å². The third-order valence-corrected chi connectivity index (χ3v) is 3.54. The highest BCUT2D eigenvalue weighted by atomic mass is 79.9. The van der Waals surface area contributed by atoms with Gasteiger partial charge in [0.1, 0.15) is 5.56 Å². The summed E-state index contributed by atoms with van der Waals surface area (Å²) in [6, 6.07) is 1.94. The quantitative estimate of drug-likeness (QED) is 0.374. The molecule has 0 aliphatic carbocycles. The van der Waals surface area contributed by atoms with Gasteiger partial charge in [0.05, 0.1) is 7.11 Å². The maximum atomic E-state index is 12.3. The molecule has 6 nitrogen and oxygen atoms in total. The Morgan fingerprint density at radius 3 is 2.35 bits per heavy atom. The molecule has 1 rings (SSSR count). The minimum atomic E-state index is -5.93. The molecule has 0 saturated heterocycles. The lowest BCUT2D eigenvalue weighted by Crippen LogP contribution is -2.28. The third-order valence-electron chi connectivity index (χ3n) is 1.95. The van der Waals surface area contributed by atoms with E-state index in [1.54, 1.807) is 0 Å². The molecule has 112 valence electrons. The molecule has 0 bridgehead atoms. The number of hydrogen-bond donors (Lipinski definition) is 1. The maximum Gasteiger partial charge on any atom is 0.534 e. The molecule has 0 aliphatic rings. The van der Waals surface area contributed by atoms with Crippen molar-refractivity contribution in [1.82, 2.24) is 0 Å². The van der Waals surface area contributed by atoms with E-state index >= 15 is 0 Å². The van der Waals surface area contributed by atoms with Crippen LogP contribution in [-0.2, 0) is 14.9 Å². The molecule has 0 heterocycles. The van der Waals surface area contributed by atoms with Crippen molar-refractivity contribution in [3.05, 3.63) is 22.2 Å². The lowest BCUT2D eigenvalue weighted by atomic mass is 10.2. The molecule has 0 aliphatic heterocycles. The highest BCUT2D eigenvalue weighted by molar-refractivity contribution is 9.10. The summed E-state index contributed by atoms with van der Waals surface area (Å²) in [6.07, 6.45) is 0. The van der Waals surface area contributed by atoms with E-state index in [-0.39, 0.29) is 10.2 Å². The van der Waals surface area contributed by atoms with Crippen LogP contribution in [0.15, 0.2) is 16.6 Å². The van der Waals surface area contributed by atoms with Crippen LogP contribution in [-0.4, -0.2) is 27.0 Å². The minimum Gasteiger partial charge on any atom is -0.465 e. The van der Waals surface area contributed by atoms with Gasteiger partial charge in [-0.05, 0) is 22.0 Å². The Morgan fingerprint density at radius 1 is 1.35 bits per heavy atom. The monoisotopic (exact) mass is 377 g/mol. The average molecular weight is 378 g/mol. The first-order chi connectivity index (χ1) is 8.99. The number of esters is 1. The van der Waals surface area contributed by atoms with Crippen molar-refractivity contribution in [2.45, 2.75) is 5.51 Å². The van der Waals surface area contributed by atoms with Gasteiger partial charge in [-0.3, -0.25) is 0 Å². The molecule has 1 aromatic rings. The second kappa shape index (κ2) is 5.48. The SMILES string of the molecule is COC(=O)c1c(Br)cc(N)cc1OS(=O)(=O)C(F)(F)F. The van der Waals surface area contributed by atoms with Gasteiger partial charge in [-0.1, -0.05) is 0 Å². The highest BCUT2D eigenvalue weighted by Crippen LogP contribution is 2.34. The Bertz CT molecular complexity index is 644. The van der Waals surface area contributed by atoms with Crippen molar-refractivity contribution >= 4 is 37.7 Å². The summed E-state index contributed by atoms with van der Waals surface area (Å²) < 4.78 is 66.9. The molecule has 0 spiro atoms. The number of alkyl halides is 3. The van der Waals surface area contributed by atoms with E-state index in [4.69, 9.17) is 5.73 Å². The van der Waals surface area contributed by atoms with E-state index < -0.39 is 32.9 Å². The summed E-state index contributed by atoms with van der Waals surface area (Å²) in [5, 5.41) is 0. The fourth-order valence-electron chi connectivity index (χ4n) is 1.13. The van der Waals surface area contributed by atoms with E-state index in [0.29, 0.717) is 0 Å². The summed E-state index contributed by atoms with van der Waals surface area (Å²) in [7, 11) is -4.97. The molecule has 0 atom stereocenters. The van der Waals surface area contributed by atoms with Crippen LogP contribution in [0.2, 0.25) is 0 Å². The van der Waals surface area contributed by atoms with Crippen LogP contribution in [0, 0.1) is 0 Å². The van der Waals surface area contributed by atoms with Gasteiger partial charge in [-0.25, -0.2) is 4.79 Å². The number of carbonyl (C=O) groups is 1. The summed E-state index contributed by atoms with van der Waals surface area (Å²) >= 11 is 2.86. The van der Waals surface area contributed by atoms with Crippen LogP contribution in [0.5, 0.6) is 5.75 Å². The molecular formula is C9H7BrF3NO5S. The number of anilines is 1. The van der Waals surface area contributed by atoms with Crippen molar-refractivity contribution in [2.24, 2.45) is 0 Å². The Hall–Kier alpha value is -1.49. The van der Waals surface area contributed by atoms with Crippen LogP contribution in [0.1, 0.15) is 10.4 Å². The van der Waals surface area contributed by atoms with Crippen LogP contribution < -0.4 is 9.92 Å². The van der Waals surface area contributed by atoms with Gasteiger partial charge in [0, 0.05) is 16.2 Å². The normalized spacial score (nSPS) is 12.1. The maximum absolute atomic E-state index is 12.3. The van der Waals surface area contributed by atoms with Gasteiger partial charge in [-0.2, -0.15) is 21.6 Å². The van der Waals surface area contributed by atoms with Gasteiger partial charge in [0.25, 0.3) is 0 Å². The van der Waals surface area contributed by atoms with Crippen LogP contribution >= 0.6 is 15.9 Å². The first kappa shape index (κ1) is 16.6. The standard InChI is InChI=1S/C9H7BrF3NO5S/c1-18-8(15)7-5(10)2-4(14)3-6(7)19-20(16,17)9(11,12)13/h2-3H,14H2,1H3. The number of methoxy groups -OCH3 is 1. The van der Waals surface area contributed by atoms with Gasteiger partial charge < -0.3 is 14.7 Å². The third kappa shape index (κ3) is 3.33. The molecule has 11 heteroatoms. The van der Waals surface area contributed by atoms with E-state index in [0.717, 1.165) is 13.2 Å². The molecule has 0 amide bonds. The van der Waals surface area contributed by atoms with Gasteiger partial charge in [0.2, 0.25) is 0 Å². The molecular weight excluding hydrogens is 371 g/mol. The van der Waals surface area contributed by atoms with Crippen molar-refractivity contribution in [3.8, 4) is 5.75 Å². The molecule has 0 aromatic heterocycles. The van der Waals surface area contributed by atoms with Crippen LogP contribution in [0.25, 0.3) is 0 Å². The predicted molar refractivity (Wildman–Crippen MR) is 65.5 cm³/mol. The Kier molecular flexibility index (Phi) is 4.54. The fraction of sp³-hybridized carbons (Fsp3) is 0.222. The number of hydrogen-bond acceptors (Lipinski definition) is 6. The number of halogens is 4. The number of ether oxygens (including phenoxy) is 1. The summed E-state index contributed by atoms with van der Waals surface area (Å²) in [6.45, 7) is 0.